The van der Waals surface area contributed by atoms with Gasteiger partial charge in [0.15, 0.2) is 9.84 Å². The van der Waals surface area contributed by atoms with Crippen LogP contribution in [0.3, 0.4) is 0 Å². The van der Waals surface area contributed by atoms with Crippen LogP contribution in [-0.4, -0.2) is 20.9 Å². The highest BCUT2D eigenvalue weighted by atomic mass is 79.9. The molecule has 30 heavy (non-hydrogen) atoms. The third-order valence-electron chi connectivity index (χ3n) is 4.96. The van der Waals surface area contributed by atoms with Crippen LogP contribution in [0.1, 0.15) is 33.9 Å². The predicted molar refractivity (Wildman–Crippen MR) is 118 cm³/mol. The van der Waals surface area contributed by atoms with Crippen molar-refractivity contribution in [2.24, 2.45) is 0 Å². The molecule has 1 aliphatic heterocycles. The van der Waals surface area contributed by atoms with Gasteiger partial charge in [-0.2, -0.15) is 0 Å². The highest BCUT2D eigenvalue weighted by Crippen LogP contribution is 2.34. The SMILES string of the molecule is O=C(NC1CCOc2ccc(Br)cc21)c1cccc(CS(=O)(=O)c2ccccc2)c1. The summed E-state index contributed by atoms with van der Waals surface area (Å²) in [6.07, 6.45) is 0.664. The van der Waals surface area contributed by atoms with Crippen molar-refractivity contribution in [3.05, 3.63) is 94.0 Å². The molecule has 0 bridgehead atoms. The van der Waals surface area contributed by atoms with Crippen LogP contribution in [0.25, 0.3) is 0 Å². The van der Waals surface area contributed by atoms with Gasteiger partial charge in [0.1, 0.15) is 5.75 Å². The second-order valence-electron chi connectivity index (χ2n) is 7.12. The Morgan fingerprint density at radius 3 is 2.63 bits per heavy atom. The molecule has 1 unspecified atom stereocenters. The Kier molecular flexibility index (Phi) is 5.92. The van der Waals surface area contributed by atoms with Gasteiger partial charge in [0.2, 0.25) is 0 Å². The normalized spacial score (nSPS) is 15.7. The number of fused-ring (bicyclic) bond motifs is 1. The summed E-state index contributed by atoms with van der Waals surface area (Å²) in [7, 11) is -3.48. The maximum absolute atomic E-state index is 12.9. The summed E-state index contributed by atoms with van der Waals surface area (Å²) in [6.45, 7) is 0.523. The Hall–Kier alpha value is -2.64. The minimum atomic E-state index is -3.48. The molecular weight excluding hydrogens is 466 g/mol. The first-order chi connectivity index (χ1) is 14.4. The van der Waals surface area contributed by atoms with Crippen LogP contribution in [0.4, 0.5) is 0 Å². The van der Waals surface area contributed by atoms with E-state index in [1.807, 2.05) is 18.2 Å². The number of hydrogen-bond donors (Lipinski definition) is 1. The fraction of sp³-hybridized carbons (Fsp3) is 0.174. The van der Waals surface area contributed by atoms with E-state index in [1.165, 1.54) is 0 Å². The Labute approximate surface area is 184 Å². The van der Waals surface area contributed by atoms with Gasteiger partial charge in [0.05, 0.1) is 23.3 Å². The lowest BCUT2D eigenvalue weighted by molar-refractivity contribution is 0.0924. The second kappa shape index (κ2) is 8.62. The zero-order valence-electron chi connectivity index (χ0n) is 16.0. The van der Waals surface area contributed by atoms with Crippen molar-refractivity contribution in [2.75, 3.05) is 6.61 Å². The van der Waals surface area contributed by atoms with Gasteiger partial charge in [-0.1, -0.05) is 46.3 Å². The molecule has 1 N–H and O–H groups in total. The number of amides is 1. The van der Waals surface area contributed by atoms with Gasteiger partial charge in [-0.25, -0.2) is 8.42 Å². The summed E-state index contributed by atoms with van der Waals surface area (Å²) in [6, 6.07) is 20.6. The number of hydrogen-bond acceptors (Lipinski definition) is 4. The third kappa shape index (κ3) is 4.57. The molecule has 7 heteroatoms. The molecule has 1 amide bonds. The molecule has 1 atom stereocenters. The Balaban J connectivity index is 1.52. The number of halogens is 1. The van der Waals surface area contributed by atoms with Crippen LogP contribution < -0.4 is 10.1 Å². The molecule has 154 valence electrons. The van der Waals surface area contributed by atoms with E-state index >= 15 is 0 Å². The molecule has 4 rings (SSSR count). The fourth-order valence-electron chi connectivity index (χ4n) is 3.49. The van der Waals surface area contributed by atoms with Crippen LogP contribution in [0.2, 0.25) is 0 Å². The zero-order valence-corrected chi connectivity index (χ0v) is 18.4. The smallest absolute Gasteiger partial charge is 0.251 e. The molecule has 0 saturated heterocycles. The lowest BCUT2D eigenvalue weighted by atomic mass is 10.00. The average Bonchev–Trinajstić information content (AvgIpc) is 2.74. The Morgan fingerprint density at radius 2 is 1.83 bits per heavy atom. The van der Waals surface area contributed by atoms with Crippen molar-refractivity contribution >= 4 is 31.7 Å². The number of ether oxygens (including phenoxy) is 1. The highest BCUT2D eigenvalue weighted by molar-refractivity contribution is 9.10. The molecular formula is C23H20BrNO4S. The molecule has 5 nitrogen and oxygen atoms in total. The fourth-order valence-corrected chi connectivity index (χ4v) is 5.23. The molecule has 0 aliphatic carbocycles. The molecule has 0 saturated carbocycles. The number of carbonyl (C=O) groups is 1. The summed E-state index contributed by atoms with van der Waals surface area (Å²) in [5.74, 6) is 0.356. The molecule has 0 fully saturated rings. The number of carbonyl (C=O) groups excluding carboxylic acids is 1. The molecule has 1 aliphatic rings. The zero-order chi connectivity index (χ0) is 21.1. The Morgan fingerprint density at radius 1 is 1.03 bits per heavy atom. The molecule has 3 aromatic carbocycles. The first-order valence-corrected chi connectivity index (χ1v) is 12.0. The summed E-state index contributed by atoms with van der Waals surface area (Å²) < 4.78 is 31.9. The van der Waals surface area contributed by atoms with Crippen molar-refractivity contribution in [1.29, 1.82) is 0 Å². The maximum Gasteiger partial charge on any atom is 0.251 e. The van der Waals surface area contributed by atoms with Crippen molar-refractivity contribution < 1.29 is 17.9 Å². The second-order valence-corrected chi connectivity index (χ2v) is 10.0. The molecule has 0 radical (unpaired) electrons. The number of sulfone groups is 1. The Bertz CT molecular complexity index is 1180. The van der Waals surface area contributed by atoms with Crippen molar-refractivity contribution in [1.82, 2.24) is 5.32 Å². The first-order valence-electron chi connectivity index (χ1n) is 9.52. The van der Waals surface area contributed by atoms with Gasteiger partial charge >= 0.3 is 0 Å². The topological polar surface area (TPSA) is 72.5 Å². The average molecular weight is 486 g/mol. The first kappa shape index (κ1) is 20.6. The van der Waals surface area contributed by atoms with E-state index in [2.05, 4.69) is 21.2 Å². The number of rotatable bonds is 5. The molecule has 0 spiro atoms. The molecule has 3 aromatic rings. The van der Waals surface area contributed by atoms with Gasteiger partial charge in [0.25, 0.3) is 5.91 Å². The standard InChI is InChI=1S/C23H20BrNO4S/c24-18-9-10-22-20(14-18)21(11-12-29-22)25-23(26)17-6-4-5-16(13-17)15-30(27,28)19-7-2-1-3-8-19/h1-10,13-14,21H,11-12,15H2,(H,25,26). The summed E-state index contributed by atoms with van der Waals surface area (Å²) in [4.78, 5) is 13.2. The third-order valence-corrected chi connectivity index (χ3v) is 7.16. The van der Waals surface area contributed by atoms with Gasteiger partial charge in [0, 0.05) is 22.0 Å². The minimum Gasteiger partial charge on any atom is -0.493 e. The van der Waals surface area contributed by atoms with E-state index in [-0.39, 0.29) is 22.6 Å². The molecule has 1 heterocycles. The van der Waals surface area contributed by atoms with Crippen LogP contribution in [0, 0.1) is 0 Å². The van der Waals surface area contributed by atoms with E-state index in [1.54, 1.807) is 54.6 Å². The maximum atomic E-state index is 12.9. The predicted octanol–water partition coefficient (Wildman–Crippen LogP) is 4.68. The monoisotopic (exact) mass is 485 g/mol. The summed E-state index contributed by atoms with van der Waals surface area (Å²) >= 11 is 3.46. The van der Waals surface area contributed by atoms with Crippen LogP contribution in [0.15, 0.2) is 82.2 Å². The van der Waals surface area contributed by atoms with E-state index in [0.29, 0.717) is 24.2 Å². The van der Waals surface area contributed by atoms with E-state index in [4.69, 9.17) is 4.74 Å². The van der Waals surface area contributed by atoms with Crippen molar-refractivity contribution in [3.8, 4) is 5.75 Å². The van der Waals surface area contributed by atoms with E-state index < -0.39 is 9.84 Å². The quantitative estimate of drug-likeness (QED) is 0.569. The van der Waals surface area contributed by atoms with Crippen LogP contribution in [-0.2, 0) is 15.6 Å². The summed E-state index contributed by atoms with van der Waals surface area (Å²) in [5.41, 5.74) is 1.92. The van der Waals surface area contributed by atoms with Crippen molar-refractivity contribution in [2.45, 2.75) is 23.1 Å². The lowest BCUT2D eigenvalue weighted by Crippen LogP contribution is -2.32. The van der Waals surface area contributed by atoms with Gasteiger partial charge in [-0.15, -0.1) is 0 Å². The largest absolute Gasteiger partial charge is 0.493 e. The highest BCUT2D eigenvalue weighted by Gasteiger charge is 2.24. The van der Waals surface area contributed by atoms with Gasteiger partial charge in [-0.05, 0) is 48.0 Å². The van der Waals surface area contributed by atoms with E-state index in [0.717, 1.165) is 15.8 Å². The molecule has 0 aromatic heterocycles. The van der Waals surface area contributed by atoms with Crippen LogP contribution >= 0.6 is 15.9 Å². The van der Waals surface area contributed by atoms with E-state index in [9.17, 15) is 13.2 Å². The van der Waals surface area contributed by atoms with Gasteiger partial charge in [-0.3, -0.25) is 4.79 Å². The summed E-state index contributed by atoms with van der Waals surface area (Å²) in [5, 5.41) is 3.05. The number of nitrogens with one attached hydrogen (secondary N) is 1. The number of benzene rings is 3. The minimum absolute atomic E-state index is 0.162. The van der Waals surface area contributed by atoms with Gasteiger partial charge < -0.3 is 10.1 Å². The van der Waals surface area contributed by atoms with Crippen molar-refractivity contribution in [3.63, 3.8) is 0 Å². The lowest BCUT2D eigenvalue weighted by Gasteiger charge is -2.27. The van der Waals surface area contributed by atoms with Crippen LogP contribution in [0.5, 0.6) is 5.75 Å².